The first kappa shape index (κ1) is 21.9. The third-order valence-corrected chi connectivity index (χ3v) is 7.66. The lowest BCUT2D eigenvalue weighted by molar-refractivity contribution is -0.142. The number of Topliss-reactive ketones (excluding diaryl/α,β-unsaturated/α-hetero) is 1. The largest absolute Gasteiger partial charge is 0.508 e. The highest BCUT2D eigenvalue weighted by molar-refractivity contribution is 7.10. The summed E-state index contributed by atoms with van der Waals surface area (Å²) in [6.45, 7) is 2.73. The second kappa shape index (κ2) is 9.15. The Labute approximate surface area is 196 Å². The summed E-state index contributed by atoms with van der Waals surface area (Å²) in [7, 11) is 0. The summed E-state index contributed by atoms with van der Waals surface area (Å²) in [6, 6.07) is 10.9. The SMILES string of the molecule is CC1=C(C(=O)OC[C@@H]2CCCO2)[C@@H](c2cccc(O)c2)C2=C(C[C@@H](c3cccs3)CC2=O)N1. The van der Waals surface area contributed by atoms with Crippen LogP contribution in [0.1, 0.15) is 54.9 Å². The van der Waals surface area contributed by atoms with Crippen LogP contribution in [0.25, 0.3) is 0 Å². The van der Waals surface area contributed by atoms with Crippen molar-refractivity contribution in [2.24, 2.45) is 0 Å². The van der Waals surface area contributed by atoms with Crippen molar-refractivity contribution in [2.75, 3.05) is 13.2 Å². The molecule has 0 bridgehead atoms. The van der Waals surface area contributed by atoms with E-state index in [9.17, 15) is 14.7 Å². The smallest absolute Gasteiger partial charge is 0.336 e. The van der Waals surface area contributed by atoms with E-state index in [1.54, 1.807) is 29.5 Å². The van der Waals surface area contributed by atoms with Crippen molar-refractivity contribution < 1.29 is 24.2 Å². The maximum absolute atomic E-state index is 13.5. The fraction of sp³-hybridized carbons (Fsp3) is 0.385. The average molecular weight is 466 g/mol. The van der Waals surface area contributed by atoms with Gasteiger partial charge in [-0.2, -0.15) is 0 Å². The molecule has 33 heavy (non-hydrogen) atoms. The Bertz CT molecular complexity index is 1130. The van der Waals surface area contributed by atoms with Crippen LogP contribution in [0.15, 0.2) is 64.3 Å². The molecule has 1 fully saturated rings. The Balaban J connectivity index is 1.50. The summed E-state index contributed by atoms with van der Waals surface area (Å²) >= 11 is 1.66. The molecule has 0 unspecified atom stereocenters. The standard InChI is InChI=1S/C26H27NO5S/c1-15-23(26(30)32-14-19-7-3-9-31-19)24(16-5-2-6-18(28)11-16)25-20(27-15)12-17(13-21(25)29)22-8-4-10-33-22/h2,4-6,8,10-11,17,19,24,27-28H,3,7,9,12-14H2,1H3/t17-,19+,24-/m1/s1. The van der Waals surface area contributed by atoms with E-state index in [0.717, 1.165) is 18.5 Å². The number of benzene rings is 1. The summed E-state index contributed by atoms with van der Waals surface area (Å²) in [4.78, 5) is 28.0. The van der Waals surface area contributed by atoms with E-state index in [0.29, 0.717) is 41.9 Å². The van der Waals surface area contributed by atoms with Crippen molar-refractivity contribution in [3.8, 4) is 5.75 Å². The van der Waals surface area contributed by atoms with Gasteiger partial charge in [-0.25, -0.2) is 4.79 Å². The molecule has 3 atom stereocenters. The molecule has 3 aliphatic rings. The van der Waals surface area contributed by atoms with Crippen LogP contribution in [0.4, 0.5) is 0 Å². The summed E-state index contributed by atoms with van der Waals surface area (Å²) < 4.78 is 11.2. The van der Waals surface area contributed by atoms with Gasteiger partial charge in [0.15, 0.2) is 5.78 Å². The molecule has 2 N–H and O–H groups in total. The second-order valence-electron chi connectivity index (χ2n) is 8.86. The molecular weight excluding hydrogens is 438 g/mol. The quantitative estimate of drug-likeness (QED) is 0.631. The summed E-state index contributed by atoms with van der Waals surface area (Å²) in [6.07, 6.45) is 2.86. The number of phenolic OH excluding ortho intramolecular Hbond substituents is 1. The lowest BCUT2D eigenvalue weighted by Crippen LogP contribution is -2.36. The molecule has 2 aromatic rings. The minimum Gasteiger partial charge on any atom is -0.508 e. The van der Waals surface area contributed by atoms with Gasteiger partial charge >= 0.3 is 5.97 Å². The predicted molar refractivity (Wildman–Crippen MR) is 125 cm³/mol. The maximum atomic E-state index is 13.5. The van der Waals surface area contributed by atoms with Gasteiger partial charge in [0.05, 0.1) is 11.7 Å². The third-order valence-electron chi connectivity index (χ3n) is 6.62. The highest BCUT2D eigenvalue weighted by Gasteiger charge is 2.41. The van der Waals surface area contributed by atoms with Crippen LogP contribution in [-0.2, 0) is 19.1 Å². The molecule has 3 heterocycles. The molecule has 1 aliphatic carbocycles. The highest BCUT2D eigenvalue weighted by atomic mass is 32.1. The molecule has 1 aromatic carbocycles. The first-order valence-corrected chi connectivity index (χ1v) is 12.2. The molecule has 0 saturated carbocycles. The molecular formula is C26H27NO5S. The number of carbonyl (C=O) groups is 2. The van der Waals surface area contributed by atoms with E-state index in [4.69, 9.17) is 9.47 Å². The zero-order valence-electron chi connectivity index (χ0n) is 18.5. The Kier molecular flexibility index (Phi) is 6.08. The van der Waals surface area contributed by atoms with E-state index in [-0.39, 0.29) is 30.2 Å². The molecule has 172 valence electrons. The third kappa shape index (κ3) is 4.35. The van der Waals surface area contributed by atoms with Crippen LogP contribution in [0.2, 0.25) is 0 Å². The monoisotopic (exact) mass is 465 g/mol. The van der Waals surface area contributed by atoms with Gasteiger partial charge in [0.2, 0.25) is 0 Å². The molecule has 6 nitrogen and oxygen atoms in total. The number of nitrogens with one attached hydrogen (secondary N) is 1. The van der Waals surface area contributed by atoms with E-state index < -0.39 is 11.9 Å². The van der Waals surface area contributed by atoms with Crippen LogP contribution in [0, 0.1) is 0 Å². The summed E-state index contributed by atoms with van der Waals surface area (Å²) in [5.74, 6) is -0.801. The minimum absolute atomic E-state index is 0.0208. The van der Waals surface area contributed by atoms with E-state index in [2.05, 4.69) is 11.4 Å². The highest BCUT2D eigenvalue weighted by Crippen LogP contribution is 2.46. The summed E-state index contributed by atoms with van der Waals surface area (Å²) in [5, 5.41) is 15.5. The van der Waals surface area contributed by atoms with Crippen LogP contribution < -0.4 is 5.32 Å². The zero-order valence-corrected chi connectivity index (χ0v) is 19.3. The number of thiophene rings is 1. The lowest BCUT2D eigenvalue weighted by Gasteiger charge is -2.36. The van der Waals surface area contributed by atoms with E-state index in [1.807, 2.05) is 24.4 Å². The van der Waals surface area contributed by atoms with Gasteiger partial charge in [-0.1, -0.05) is 18.2 Å². The fourth-order valence-corrected chi connectivity index (χ4v) is 5.92. The van der Waals surface area contributed by atoms with Crippen molar-refractivity contribution in [3.05, 3.63) is 74.8 Å². The van der Waals surface area contributed by atoms with Crippen molar-refractivity contribution in [3.63, 3.8) is 0 Å². The van der Waals surface area contributed by atoms with Crippen LogP contribution >= 0.6 is 11.3 Å². The van der Waals surface area contributed by atoms with Crippen molar-refractivity contribution >= 4 is 23.1 Å². The Hall–Kier alpha value is -2.90. The topological polar surface area (TPSA) is 84.9 Å². The average Bonchev–Trinajstić information content (AvgIpc) is 3.50. The number of carbonyl (C=O) groups excluding carboxylic acids is 2. The Morgan fingerprint density at radius 2 is 2.15 bits per heavy atom. The number of ketones is 1. The molecule has 2 aliphatic heterocycles. The normalized spacial score (nSPS) is 25.1. The molecule has 0 radical (unpaired) electrons. The number of esters is 1. The Morgan fingerprint density at radius 3 is 2.88 bits per heavy atom. The molecule has 7 heteroatoms. The van der Waals surface area contributed by atoms with Gasteiger partial charge < -0.3 is 19.9 Å². The maximum Gasteiger partial charge on any atom is 0.336 e. The summed E-state index contributed by atoms with van der Waals surface area (Å²) in [5.41, 5.74) is 3.25. The number of rotatable bonds is 5. The van der Waals surface area contributed by atoms with Gasteiger partial charge in [0.1, 0.15) is 12.4 Å². The van der Waals surface area contributed by atoms with Crippen LogP contribution in [0.5, 0.6) is 5.75 Å². The number of aromatic hydroxyl groups is 1. The van der Waals surface area contributed by atoms with Crippen molar-refractivity contribution in [1.82, 2.24) is 5.32 Å². The van der Waals surface area contributed by atoms with Gasteiger partial charge in [0.25, 0.3) is 0 Å². The molecule has 1 saturated heterocycles. The predicted octanol–water partition coefficient (Wildman–Crippen LogP) is 4.54. The Morgan fingerprint density at radius 1 is 1.27 bits per heavy atom. The fourth-order valence-electron chi connectivity index (χ4n) is 5.09. The molecule has 0 spiro atoms. The van der Waals surface area contributed by atoms with Gasteiger partial charge in [0, 0.05) is 46.7 Å². The molecule has 5 rings (SSSR count). The lowest BCUT2D eigenvalue weighted by atomic mass is 9.72. The number of hydrogen-bond acceptors (Lipinski definition) is 7. The van der Waals surface area contributed by atoms with E-state index in [1.165, 1.54) is 4.88 Å². The first-order valence-electron chi connectivity index (χ1n) is 11.4. The van der Waals surface area contributed by atoms with Gasteiger partial charge in [-0.3, -0.25) is 4.79 Å². The van der Waals surface area contributed by atoms with E-state index >= 15 is 0 Å². The van der Waals surface area contributed by atoms with Crippen molar-refractivity contribution in [2.45, 2.75) is 50.5 Å². The van der Waals surface area contributed by atoms with Crippen LogP contribution in [-0.4, -0.2) is 36.2 Å². The molecule has 0 amide bonds. The number of phenols is 1. The zero-order chi connectivity index (χ0) is 22.9. The molecule has 1 aromatic heterocycles. The minimum atomic E-state index is -0.581. The number of ether oxygens (including phenoxy) is 2. The van der Waals surface area contributed by atoms with Crippen LogP contribution in [0.3, 0.4) is 0 Å². The number of allylic oxidation sites excluding steroid dienone is 3. The van der Waals surface area contributed by atoms with Gasteiger partial charge in [-0.15, -0.1) is 11.3 Å². The second-order valence-corrected chi connectivity index (χ2v) is 9.84. The number of hydrogen-bond donors (Lipinski definition) is 2. The number of dihydropyridines is 1. The first-order chi connectivity index (χ1) is 16.0. The van der Waals surface area contributed by atoms with Crippen molar-refractivity contribution in [1.29, 1.82) is 0 Å². The van der Waals surface area contributed by atoms with Gasteiger partial charge in [-0.05, 0) is 55.3 Å².